The van der Waals surface area contributed by atoms with Crippen LogP contribution in [-0.2, 0) is 6.42 Å². The molecule has 4 heteroatoms. The van der Waals surface area contributed by atoms with Gasteiger partial charge in [0.1, 0.15) is 18.2 Å². The maximum Gasteiger partial charge on any atom is 0.122 e. The molecule has 102 valence electrons. The van der Waals surface area contributed by atoms with Crippen molar-refractivity contribution >= 4 is 17.6 Å². The number of nitrogens with two attached hydrogens (primary N) is 1. The number of hydrogen-bond acceptors (Lipinski definition) is 3. The van der Waals surface area contributed by atoms with Gasteiger partial charge >= 0.3 is 0 Å². The fourth-order valence-corrected chi connectivity index (χ4v) is 3.48. The Balaban J connectivity index is 1.57. The van der Waals surface area contributed by atoms with E-state index in [2.05, 4.69) is 24.3 Å². The third-order valence-electron chi connectivity index (χ3n) is 3.32. The second kappa shape index (κ2) is 5.59. The van der Waals surface area contributed by atoms with Crippen molar-refractivity contribution in [2.45, 2.75) is 16.6 Å². The predicted molar refractivity (Wildman–Crippen MR) is 82.7 cm³/mol. The van der Waals surface area contributed by atoms with Gasteiger partial charge in [-0.1, -0.05) is 18.2 Å². The van der Waals surface area contributed by atoms with Crippen LogP contribution >= 0.6 is 11.8 Å². The number of rotatable bonds is 4. The van der Waals surface area contributed by atoms with Crippen molar-refractivity contribution in [3.05, 3.63) is 59.7 Å². The molecule has 0 aromatic heterocycles. The molecule has 0 fully saturated rings. The van der Waals surface area contributed by atoms with Crippen molar-refractivity contribution < 1.29 is 4.74 Å². The van der Waals surface area contributed by atoms with Crippen molar-refractivity contribution in [2.24, 2.45) is 5.73 Å². The lowest BCUT2D eigenvalue weighted by molar-refractivity contribution is 0.317. The number of fused-ring (bicyclic) bond motifs is 1. The van der Waals surface area contributed by atoms with Gasteiger partial charge in [0, 0.05) is 15.7 Å². The molecule has 1 unspecified atom stereocenters. The molecule has 1 aliphatic rings. The first-order chi connectivity index (χ1) is 9.72. The van der Waals surface area contributed by atoms with E-state index in [0.717, 1.165) is 17.7 Å². The molecule has 1 heterocycles. The summed E-state index contributed by atoms with van der Waals surface area (Å²) in [7, 11) is 0. The summed E-state index contributed by atoms with van der Waals surface area (Å²) >= 11 is 1.88. The van der Waals surface area contributed by atoms with Crippen LogP contribution in [-0.4, -0.2) is 17.7 Å². The van der Waals surface area contributed by atoms with Crippen LogP contribution in [0.2, 0.25) is 0 Å². The molecule has 0 spiro atoms. The van der Waals surface area contributed by atoms with Crippen molar-refractivity contribution in [3.63, 3.8) is 0 Å². The van der Waals surface area contributed by atoms with E-state index in [0.29, 0.717) is 11.9 Å². The number of ether oxygens (including phenoxy) is 1. The molecular formula is C16H16N2OS. The highest BCUT2D eigenvalue weighted by molar-refractivity contribution is 8.00. The van der Waals surface area contributed by atoms with Crippen LogP contribution in [0.15, 0.2) is 53.4 Å². The van der Waals surface area contributed by atoms with Crippen molar-refractivity contribution in [3.8, 4) is 5.75 Å². The first kappa shape index (κ1) is 13.1. The van der Waals surface area contributed by atoms with Crippen LogP contribution in [0.25, 0.3) is 0 Å². The summed E-state index contributed by atoms with van der Waals surface area (Å²) in [6.07, 6.45) is 1.06. The lowest BCUT2D eigenvalue weighted by atomic mass is 10.1. The molecule has 2 aromatic rings. The fourth-order valence-electron chi connectivity index (χ4n) is 2.27. The fraction of sp³-hybridized carbons (Fsp3) is 0.188. The Kier molecular flexibility index (Phi) is 3.65. The van der Waals surface area contributed by atoms with Gasteiger partial charge in [0.05, 0.1) is 0 Å². The van der Waals surface area contributed by atoms with Crippen LogP contribution in [0, 0.1) is 5.41 Å². The normalized spacial score (nSPS) is 16.7. The number of thioether (sulfide) groups is 1. The summed E-state index contributed by atoms with van der Waals surface area (Å²) < 4.78 is 5.82. The molecule has 0 bridgehead atoms. The second-order valence-electron chi connectivity index (χ2n) is 4.80. The van der Waals surface area contributed by atoms with Gasteiger partial charge in [0.2, 0.25) is 0 Å². The highest BCUT2D eigenvalue weighted by Crippen LogP contribution is 2.36. The third-order valence-corrected chi connectivity index (χ3v) is 4.60. The first-order valence-corrected chi connectivity index (χ1v) is 7.42. The van der Waals surface area contributed by atoms with Gasteiger partial charge in [-0.05, 0) is 42.3 Å². The third kappa shape index (κ3) is 2.80. The Hall–Kier alpha value is -1.94. The lowest BCUT2D eigenvalue weighted by Gasteiger charge is -2.11. The molecule has 1 aliphatic heterocycles. The molecule has 3 N–H and O–H groups in total. The second-order valence-corrected chi connectivity index (χ2v) is 6.14. The van der Waals surface area contributed by atoms with E-state index < -0.39 is 0 Å². The van der Waals surface area contributed by atoms with Crippen molar-refractivity contribution in [1.82, 2.24) is 0 Å². The molecule has 20 heavy (non-hydrogen) atoms. The minimum Gasteiger partial charge on any atom is -0.492 e. The van der Waals surface area contributed by atoms with Gasteiger partial charge < -0.3 is 10.5 Å². The van der Waals surface area contributed by atoms with Gasteiger partial charge in [0.25, 0.3) is 0 Å². The zero-order valence-corrected chi connectivity index (χ0v) is 11.8. The summed E-state index contributed by atoms with van der Waals surface area (Å²) in [5.74, 6) is 0.907. The van der Waals surface area contributed by atoms with E-state index in [9.17, 15) is 0 Å². The Labute approximate surface area is 122 Å². The molecule has 0 amide bonds. The maximum atomic E-state index is 7.35. The molecular weight excluding hydrogens is 268 g/mol. The topological polar surface area (TPSA) is 59.1 Å². The van der Waals surface area contributed by atoms with Crippen LogP contribution in [0.4, 0.5) is 0 Å². The highest BCUT2D eigenvalue weighted by Gasteiger charge is 2.22. The van der Waals surface area contributed by atoms with Gasteiger partial charge in [0.15, 0.2) is 0 Å². The molecule has 0 radical (unpaired) electrons. The van der Waals surface area contributed by atoms with Gasteiger partial charge in [-0.25, -0.2) is 0 Å². The largest absolute Gasteiger partial charge is 0.492 e. The molecule has 2 aromatic carbocycles. The Morgan fingerprint density at radius 1 is 1.20 bits per heavy atom. The van der Waals surface area contributed by atoms with Crippen LogP contribution < -0.4 is 10.5 Å². The smallest absolute Gasteiger partial charge is 0.122 e. The van der Waals surface area contributed by atoms with Crippen molar-refractivity contribution in [1.29, 1.82) is 5.41 Å². The minimum atomic E-state index is 0.0818. The summed E-state index contributed by atoms with van der Waals surface area (Å²) in [4.78, 5) is 1.37. The Morgan fingerprint density at radius 3 is 2.65 bits per heavy atom. The zero-order chi connectivity index (χ0) is 13.9. The molecule has 0 saturated heterocycles. The summed E-state index contributed by atoms with van der Waals surface area (Å²) in [6.45, 7) is 0.693. The summed E-state index contributed by atoms with van der Waals surface area (Å²) in [5, 5.41) is 7.82. The number of amidine groups is 1. The molecule has 3 nitrogen and oxygen atoms in total. The van der Waals surface area contributed by atoms with E-state index in [1.165, 1.54) is 10.5 Å². The highest BCUT2D eigenvalue weighted by atomic mass is 32.2. The number of hydrogen-bond donors (Lipinski definition) is 2. The first-order valence-electron chi connectivity index (χ1n) is 6.54. The van der Waals surface area contributed by atoms with Gasteiger partial charge in [-0.3, -0.25) is 5.41 Å². The van der Waals surface area contributed by atoms with E-state index >= 15 is 0 Å². The van der Waals surface area contributed by atoms with Crippen molar-refractivity contribution in [2.75, 3.05) is 6.61 Å². The Morgan fingerprint density at radius 2 is 1.95 bits per heavy atom. The minimum absolute atomic E-state index is 0.0818. The lowest BCUT2D eigenvalue weighted by Crippen LogP contribution is -2.14. The standard InChI is InChI=1S/C16H16N2OS/c17-16(18)11-5-7-13(8-6-11)19-10-14-9-12-3-1-2-4-15(12)20-14/h1-8,14H,9-10H2,(H3,17,18). The van der Waals surface area contributed by atoms with Crippen LogP contribution in [0.1, 0.15) is 11.1 Å². The predicted octanol–water partition coefficient (Wildman–Crippen LogP) is 3.07. The number of nitrogen functional groups attached to an aromatic ring is 1. The molecule has 0 aliphatic carbocycles. The molecule has 0 saturated carbocycles. The number of benzene rings is 2. The summed E-state index contributed by atoms with van der Waals surface area (Å²) in [5.41, 5.74) is 7.56. The van der Waals surface area contributed by atoms with Gasteiger partial charge in [-0.2, -0.15) is 0 Å². The van der Waals surface area contributed by atoms with E-state index in [4.69, 9.17) is 15.9 Å². The Bertz CT molecular complexity index is 600. The zero-order valence-electron chi connectivity index (χ0n) is 11.0. The van der Waals surface area contributed by atoms with E-state index in [1.807, 2.05) is 36.0 Å². The maximum absolute atomic E-state index is 7.35. The molecule has 1 atom stereocenters. The van der Waals surface area contributed by atoms with Gasteiger partial charge in [-0.15, -0.1) is 11.8 Å². The SMILES string of the molecule is N=C(N)c1ccc(OCC2Cc3ccccc3S2)cc1. The van der Waals surface area contributed by atoms with E-state index in [1.54, 1.807) is 0 Å². The quantitative estimate of drug-likeness (QED) is 0.670. The molecule has 3 rings (SSSR count). The average Bonchev–Trinajstić information content (AvgIpc) is 2.88. The summed E-state index contributed by atoms with van der Waals surface area (Å²) in [6, 6.07) is 15.9. The van der Waals surface area contributed by atoms with Crippen LogP contribution in [0.5, 0.6) is 5.75 Å². The monoisotopic (exact) mass is 284 g/mol. The van der Waals surface area contributed by atoms with E-state index in [-0.39, 0.29) is 5.84 Å². The number of nitrogens with one attached hydrogen (secondary N) is 1. The van der Waals surface area contributed by atoms with Crippen LogP contribution in [0.3, 0.4) is 0 Å². The average molecular weight is 284 g/mol.